The molecule has 0 aliphatic carbocycles. The summed E-state index contributed by atoms with van der Waals surface area (Å²) >= 11 is 6.12. The zero-order valence-corrected chi connectivity index (χ0v) is 11.5. The maximum Gasteiger partial charge on any atom is 0.404 e. The van der Waals surface area contributed by atoms with Crippen LogP contribution in [-0.2, 0) is 11.3 Å². The number of carbonyl (C=O) groups is 1. The Bertz CT molecular complexity index is 609. The number of aryl methyl sites for hydroxylation is 1. The second-order valence-electron chi connectivity index (χ2n) is 4.26. The van der Waals surface area contributed by atoms with Crippen molar-refractivity contribution in [1.82, 2.24) is 14.5 Å². The summed E-state index contributed by atoms with van der Waals surface area (Å²) in [6.07, 6.45) is 0.965. The van der Waals surface area contributed by atoms with Crippen LogP contribution in [0.4, 0.5) is 4.79 Å². The van der Waals surface area contributed by atoms with Crippen LogP contribution in [0.15, 0.2) is 12.3 Å². The fourth-order valence-electron chi connectivity index (χ4n) is 1.89. The Morgan fingerprint density at radius 1 is 1.63 bits per heavy atom. The van der Waals surface area contributed by atoms with Gasteiger partial charge in [0.1, 0.15) is 17.9 Å². The molecule has 2 aromatic heterocycles. The van der Waals surface area contributed by atoms with Crippen molar-refractivity contribution in [2.24, 2.45) is 5.73 Å². The Balaban J connectivity index is 2.37. The third kappa shape index (κ3) is 2.96. The highest BCUT2D eigenvalue weighted by molar-refractivity contribution is 6.20. The smallest absolute Gasteiger partial charge is 0.404 e. The van der Waals surface area contributed by atoms with Crippen molar-refractivity contribution < 1.29 is 9.53 Å². The summed E-state index contributed by atoms with van der Waals surface area (Å²) in [5.74, 6) is 0.697. The van der Waals surface area contributed by atoms with Gasteiger partial charge in [0.05, 0.1) is 11.9 Å². The van der Waals surface area contributed by atoms with Crippen molar-refractivity contribution in [3.8, 4) is 0 Å². The van der Waals surface area contributed by atoms with Gasteiger partial charge in [0.25, 0.3) is 0 Å². The van der Waals surface area contributed by atoms with Crippen molar-refractivity contribution in [3.63, 3.8) is 0 Å². The van der Waals surface area contributed by atoms with Gasteiger partial charge in [-0.1, -0.05) is 0 Å². The molecule has 6 nitrogen and oxygen atoms in total. The number of carbonyl (C=O) groups excluding carboxylic acids is 1. The first-order valence-corrected chi connectivity index (χ1v) is 6.31. The topological polar surface area (TPSA) is 83.0 Å². The number of hydrogen-bond acceptors (Lipinski definition) is 4. The van der Waals surface area contributed by atoms with Crippen LogP contribution in [0, 0.1) is 6.92 Å². The first-order chi connectivity index (χ1) is 8.99. The Hall–Kier alpha value is -1.82. The molecule has 19 heavy (non-hydrogen) atoms. The second kappa shape index (κ2) is 5.44. The minimum absolute atomic E-state index is 0.160. The number of nitrogens with two attached hydrogens (primary N) is 1. The minimum atomic E-state index is -0.798. The molecule has 0 radical (unpaired) electrons. The van der Waals surface area contributed by atoms with Gasteiger partial charge >= 0.3 is 6.09 Å². The molecule has 1 unspecified atom stereocenters. The highest BCUT2D eigenvalue weighted by atomic mass is 35.5. The van der Waals surface area contributed by atoms with Gasteiger partial charge in [-0.05, 0) is 25.5 Å². The Kier molecular flexibility index (Phi) is 3.90. The molecule has 0 saturated carbocycles. The van der Waals surface area contributed by atoms with Crippen molar-refractivity contribution in [3.05, 3.63) is 23.7 Å². The quantitative estimate of drug-likeness (QED) is 0.871. The Labute approximate surface area is 115 Å². The van der Waals surface area contributed by atoms with E-state index in [-0.39, 0.29) is 12.0 Å². The third-order valence-corrected chi connectivity index (χ3v) is 2.86. The van der Waals surface area contributed by atoms with Crippen LogP contribution in [0.3, 0.4) is 0 Å². The van der Waals surface area contributed by atoms with Gasteiger partial charge in [0, 0.05) is 6.20 Å². The van der Waals surface area contributed by atoms with Crippen LogP contribution in [0.5, 0.6) is 0 Å². The number of imidazole rings is 1. The summed E-state index contributed by atoms with van der Waals surface area (Å²) in [7, 11) is 0. The lowest BCUT2D eigenvalue weighted by atomic mass is 10.3. The molecular formula is C12H15ClN4O2. The number of halogens is 1. The molecule has 0 spiro atoms. The molecule has 0 aliphatic heterocycles. The van der Waals surface area contributed by atoms with E-state index >= 15 is 0 Å². The normalized spacial score (nSPS) is 12.6. The van der Waals surface area contributed by atoms with Crippen LogP contribution in [0.25, 0.3) is 11.2 Å². The van der Waals surface area contributed by atoms with E-state index in [1.54, 1.807) is 6.20 Å². The van der Waals surface area contributed by atoms with E-state index in [1.807, 2.05) is 24.5 Å². The number of primary amides is 1. The molecule has 102 valence electrons. The molecule has 0 aromatic carbocycles. The average molecular weight is 283 g/mol. The fraction of sp³-hybridized carbons (Fsp3) is 0.417. The largest absolute Gasteiger partial charge is 0.448 e. The summed E-state index contributed by atoms with van der Waals surface area (Å²) in [6.45, 7) is 4.36. The number of nitrogens with zero attached hydrogens (tertiary/aromatic N) is 3. The summed E-state index contributed by atoms with van der Waals surface area (Å²) in [6, 6.07) is 1.94. The number of rotatable bonds is 4. The SMILES string of the molecule is Cc1cnc2c(c1)nc(C(C)Cl)n2CCOC(N)=O. The first-order valence-electron chi connectivity index (χ1n) is 5.88. The maximum absolute atomic E-state index is 10.6. The minimum Gasteiger partial charge on any atom is -0.448 e. The summed E-state index contributed by atoms with van der Waals surface area (Å²) in [5, 5.41) is -0.261. The predicted molar refractivity (Wildman–Crippen MR) is 72.1 cm³/mol. The summed E-state index contributed by atoms with van der Waals surface area (Å²) < 4.78 is 6.58. The molecule has 2 aromatic rings. The van der Waals surface area contributed by atoms with Gasteiger partial charge in [0.15, 0.2) is 5.65 Å². The molecule has 1 atom stereocenters. The number of aromatic nitrogens is 3. The number of pyridine rings is 1. The van der Waals surface area contributed by atoms with Crippen LogP contribution in [-0.4, -0.2) is 27.2 Å². The number of fused-ring (bicyclic) bond motifs is 1. The van der Waals surface area contributed by atoms with Gasteiger partial charge in [-0.3, -0.25) is 0 Å². The lowest BCUT2D eigenvalue weighted by Gasteiger charge is -2.09. The van der Waals surface area contributed by atoms with Crippen molar-refractivity contribution in [1.29, 1.82) is 0 Å². The molecule has 0 bridgehead atoms. The van der Waals surface area contributed by atoms with Gasteiger partial charge in [-0.25, -0.2) is 14.8 Å². The van der Waals surface area contributed by atoms with Gasteiger partial charge in [0.2, 0.25) is 0 Å². The number of ether oxygens (including phenoxy) is 1. The molecule has 0 saturated heterocycles. The molecule has 2 N–H and O–H groups in total. The van der Waals surface area contributed by atoms with E-state index < -0.39 is 6.09 Å². The van der Waals surface area contributed by atoms with Crippen molar-refractivity contribution >= 4 is 28.9 Å². The number of hydrogen-bond donors (Lipinski definition) is 1. The van der Waals surface area contributed by atoms with Gasteiger partial charge < -0.3 is 15.0 Å². The Morgan fingerprint density at radius 2 is 2.37 bits per heavy atom. The highest BCUT2D eigenvalue weighted by Crippen LogP contribution is 2.23. The molecular weight excluding hydrogens is 268 g/mol. The van der Waals surface area contributed by atoms with Crippen LogP contribution in [0.1, 0.15) is 23.7 Å². The van der Waals surface area contributed by atoms with Gasteiger partial charge in [-0.2, -0.15) is 0 Å². The Morgan fingerprint density at radius 3 is 3.00 bits per heavy atom. The van der Waals surface area contributed by atoms with E-state index in [1.165, 1.54) is 0 Å². The molecule has 2 rings (SSSR count). The van der Waals surface area contributed by atoms with E-state index in [9.17, 15) is 4.79 Å². The van der Waals surface area contributed by atoms with Crippen molar-refractivity contribution in [2.45, 2.75) is 25.8 Å². The van der Waals surface area contributed by atoms with E-state index in [4.69, 9.17) is 22.1 Å². The van der Waals surface area contributed by atoms with E-state index in [0.29, 0.717) is 12.4 Å². The standard InChI is InChI=1S/C12H15ClN4O2/c1-7-5-9-11(15-6-7)17(3-4-19-12(14)18)10(16-9)8(2)13/h5-6,8H,3-4H2,1-2H3,(H2,14,18). The van der Waals surface area contributed by atoms with Crippen LogP contribution >= 0.6 is 11.6 Å². The second-order valence-corrected chi connectivity index (χ2v) is 4.92. The fourth-order valence-corrected chi connectivity index (χ4v) is 2.06. The zero-order valence-electron chi connectivity index (χ0n) is 10.8. The lowest BCUT2D eigenvalue weighted by Crippen LogP contribution is -2.18. The molecule has 0 fully saturated rings. The predicted octanol–water partition coefficient (Wildman–Crippen LogP) is 2.13. The van der Waals surface area contributed by atoms with Crippen LogP contribution in [0.2, 0.25) is 0 Å². The number of alkyl halides is 1. The zero-order chi connectivity index (χ0) is 14.0. The van der Waals surface area contributed by atoms with Crippen LogP contribution < -0.4 is 5.73 Å². The third-order valence-electron chi connectivity index (χ3n) is 2.67. The monoisotopic (exact) mass is 282 g/mol. The lowest BCUT2D eigenvalue weighted by molar-refractivity contribution is 0.152. The highest BCUT2D eigenvalue weighted by Gasteiger charge is 2.16. The molecule has 1 amide bonds. The summed E-state index contributed by atoms with van der Waals surface area (Å²) in [5.41, 5.74) is 7.46. The average Bonchev–Trinajstić information content (AvgIpc) is 2.67. The summed E-state index contributed by atoms with van der Waals surface area (Å²) in [4.78, 5) is 19.4. The van der Waals surface area contributed by atoms with Gasteiger partial charge in [-0.15, -0.1) is 11.6 Å². The first kappa shape index (κ1) is 13.6. The molecule has 7 heteroatoms. The molecule has 0 aliphatic rings. The van der Waals surface area contributed by atoms with Crippen molar-refractivity contribution in [2.75, 3.05) is 6.61 Å². The number of amides is 1. The molecule has 2 heterocycles. The maximum atomic E-state index is 10.6. The van der Waals surface area contributed by atoms with E-state index in [0.717, 1.165) is 16.7 Å². The van der Waals surface area contributed by atoms with E-state index in [2.05, 4.69) is 9.97 Å².